The number of fused-ring (bicyclic) bond motifs is 1. The number of benzene rings is 1. The summed E-state index contributed by atoms with van der Waals surface area (Å²) in [5, 5.41) is 3.25. The van der Waals surface area contributed by atoms with Crippen molar-refractivity contribution in [2.75, 3.05) is 18.4 Å². The van der Waals surface area contributed by atoms with E-state index < -0.39 is 11.9 Å². The van der Waals surface area contributed by atoms with Crippen LogP contribution in [0.25, 0.3) is 0 Å². The number of nitrogens with two attached hydrogens (primary N) is 1. The van der Waals surface area contributed by atoms with Gasteiger partial charge in [0.25, 0.3) is 0 Å². The van der Waals surface area contributed by atoms with Gasteiger partial charge in [-0.05, 0) is 30.9 Å². The highest BCUT2D eigenvalue weighted by atomic mass is 16.2. The van der Waals surface area contributed by atoms with E-state index in [-0.39, 0.29) is 11.8 Å². The molecule has 0 aliphatic carbocycles. The molecule has 2 unspecified atom stereocenters. The lowest BCUT2D eigenvalue weighted by Gasteiger charge is -2.35. The number of primary amides is 1. The number of carbonyl (C=O) groups excluding carboxylic acids is 2. The van der Waals surface area contributed by atoms with Crippen LogP contribution in [-0.4, -0.2) is 35.8 Å². The molecule has 106 valence electrons. The van der Waals surface area contributed by atoms with Crippen LogP contribution >= 0.6 is 0 Å². The zero-order valence-corrected chi connectivity index (χ0v) is 11.3. The van der Waals surface area contributed by atoms with Crippen molar-refractivity contribution in [1.29, 1.82) is 0 Å². The first kappa shape index (κ1) is 13.0. The van der Waals surface area contributed by atoms with Gasteiger partial charge in [-0.25, -0.2) is 0 Å². The predicted molar refractivity (Wildman–Crippen MR) is 76.2 cm³/mol. The summed E-state index contributed by atoms with van der Waals surface area (Å²) in [6, 6.07) is 7.40. The standard InChI is InChI=1S/C15H19N3O2/c16-14(19)13-7-3-4-8-18(13)15(20)11-9-17-12-6-2-1-5-10(11)12/h1-2,5-6,11,13,17H,3-4,7-9H2,(H2,16,19). The number of piperidine rings is 1. The summed E-state index contributed by atoms with van der Waals surface area (Å²) < 4.78 is 0. The summed E-state index contributed by atoms with van der Waals surface area (Å²) in [6.45, 7) is 1.23. The minimum atomic E-state index is -0.441. The van der Waals surface area contributed by atoms with Crippen molar-refractivity contribution >= 4 is 17.5 Å². The van der Waals surface area contributed by atoms with E-state index >= 15 is 0 Å². The number of amides is 2. The van der Waals surface area contributed by atoms with Gasteiger partial charge in [0.1, 0.15) is 6.04 Å². The minimum absolute atomic E-state index is 0.0194. The van der Waals surface area contributed by atoms with Crippen molar-refractivity contribution in [3.63, 3.8) is 0 Å². The molecule has 0 bridgehead atoms. The average Bonchev–Trinajstić information content (AvgIpc) is 2.90. The highest BCUT2D eigenvalue weighted by Crippen LogP contribution is 2.33. The third kappa shape index (κ3) is 2.13. The molecule has 2 heterocycles. The molecule has 2 aliphatic rings. The second-order valence-electron chi connectivity index (χ2n) is 5.47. The molecule has 1 fully saturated rings. The molecular formula is C15H19N3O2. The number of nitrogens with zero attached hydrogens (tertiary/aromatic N) is 1. The highest BCUT2D eigenvalue weighted by molar-refractivity contribution is 5.92. The van der Waals surface area contributed by atoms with Crippen LogP contribution in [0, 0.1) is 0 Å². The zero-order chi connectivity index (χ0) is 14.1. The number of anilines is 1. The van der Waals surface area contributed by atoms with Crippen molar-refractivity contribution in [2.24, 2.45) is 5.73 Å². The van der Waals surface area contributed by atoms with E-state index in [1.54, 1.807) is 4.90 Å². The van der Waals surface area contributed by atoms with Crippen LogP contribution < -0.4 is 11.1 Å². The number of hydrogen-bond acceptors (Lipinski definition) is 3. The maximum absolute atomic E-state index is 12.8. The molecule has 1 aromatic carbocycles. The van der Waals surface area contributed by atoms with E-state index in [2.05, 4.69) is 5.32 Å². The number of para-hydroxylation sites is 1. The summed E-state index contributed by atoms with van der Waals surface area (Å²) in [4.78, 5) is 26.0. The Bertz CT molecular complexity index is 544. The van der Waals surface area contributed by atoms with Gasteiger partial charge in [0, 0.05) is 18.8 Å². The van der Waals surface area contributed by atoms with Gasteiger partial charge in [-0.1, -0.05) is 18.2 Å². The summed E-state index contributed by atoms with van der Waals surface area (Å²) in [5.41, 5.74) is 7.47. The molecule has 2 atom stereocenters. The summed E-state index contributed by atoms with van der Waals surface area (Å²) >= 11 is 0. The Kier molecular flexibility index (Phi) is 3.34. The van der Waals surface area contributed by atoms with Crippen molar-refractivity contribution in [1.82, 2.24) is 4.90 Å². The highest BCUT2D eigenvalue weighted by Gasteiger charge is 2.37. The third-order valence-corrected chi connectivity index (χ3v) is 4.25. The quantitative estimate of drug-likeness (QED) is 0.846. The summed E-state index contributed by atoms with van der Waals surface area (Å²) in [5.74, 6) is -0.575. The molecule has 0 aromatic heterocycles. The summed E-state index contributed by atoms with van der Waals surface area (Å²) in [6.07, 6.45) is 2.58. The largest absolute Gasteiger partial charge is 0.384 e. The molecule has 5 heteroatoms. The molecule has 2 aliphatic heterocycles. The monoisotopic (exact) mass is 273 g/mol. The van der Waals surface area contributed by atoms with E-state index in [0.717, 1.165) is 24.1 Å². The number of likely N-dealkylation sites (tertiary alicyclic amines) is 1. The van der Waals surface area contributed by atoms with Crippen molar-refractivity contribution in [3.05, 3.63) is 29.8 Å². The van der Waals surface area contributed by atoms with E-state index in [1.807, 2.05) is 24.3 Å². The van der Waals surface area contributed by atoms with Crippen LogP contribution in [0.1, 0.15) is 30.7 Å². The fraction of sp³-hybridized carbons (Fsp3) is 0.467. The maximum atomic E-state index is 12.8. The van der Waals surface area contributed by atoms with Crippen LogP contribution in [0.3, 0.4) is 0 Å². The topological polar surface area (TPSA) is 75.4 Å². The van der Waals surface area contributed by atoms with Crippen LogP contribution in [-0.2, 0) is 9.59 Å². The first-order valence-corrected chi connectivity index (χ1v) is 7.11. The molecule has 3 N–H and O–H groups in total. The molecular weight excluding hydrogens is 254 g/mol. The fourth-order valence-electron chi connectivity index (χ4n) is 3.20. The van der Waals surface area contributed by atoms with E-state index in [0.29, 0.717) is 19.5 Å². The van der Waals surface area contributed by atoms with Crippen LogP contribution in [0.2, 0.25) is 0 Å². The average molecular weight is 273 g/mol. The second-order valence-corrected chi connectivity index (χ2v) is 5.47. The number of rotatable bonds is 2. The van der Waals surface area contributed by atoms with Gasteiger partial charge in [0.2, 0.25) is 11.8 Å². The molecule has 2 amide bonds. The Labute approximate surface area is 118 Å². The number of nitrogens with one attached hydrogen (secondary N) is 1. The van der Waals surface area contributed by atoms with E-state index in [1.165, 1.54) is 0 Å². The molecule has 20 heavy (non-hydrogen) atoms. The third-order valence-electron chi connectivity index (χ3n) is 4.25. The van der Waals surface area contributed by atoms with Gasteiger partial charge >= 0.3 is 0 Å². The molecule has 0 radical (unpaired) electrons. The molecule has 0 saturated carbocycles. The molecule has 1 saturated heterocycles. The Morgan fingerprint density at radius 1 is 1.25 bits per heavy atom. The molecule has 3 rings (SSSR count). The first-order valence-electron chi connectivity index (χ1n) is 7.11. The fourth-order valence-corrected chi connectivity index (χ4v) is 3.20. The van der Waals surface area contributed by atoms with Crippen molar-refractivity contribution in [3.8, 4) is 0 Å². The summed E-state index contributed by atoms with van der Waals surface area (Å²) in [7, 11) is 0. The molecule has 1 aromatic rings. The number of carbonyl (C=O) groups is 2. The van der Waals surface area contributed by atoms with Crippen LogP contribution in [0.4, 0.5) is 5.69 Å². The smallest absolute Gasteiger partial charge is 0.240 e. The lowest BCUT2D eigenvalue weighted by molar-refractivity contribution is -0.142. The zero-order valence-electron chi connectivity index (χ0n) is 11.3. The van der Waals surface area contributed by atoms with Crippen LogP contribution in [0.5, 0.6) is 0 Å². The lowest BCUT2D eigenvalue weighted by atomic mass is 9.95. The Hall–Kier alpha value is -2.04. The molecule has 0 spiro atoms. The SMILES string of the molecule is NC(=O)C1CCCCN1C(=O)C1CNc2ccccc21. The van der Waals surface area contributed by atoms with Crippen LogP contribution in [0.15, 0.2) is 24.3 Å². The van der Waals surface area contributed by atoms with Gasteiger partial charge in [0.15, 0.2) is 0 Å². The van der Waals surface area contributed by atoms with Gasteiger partial charge < -0.3 is 16.0 Å². The van der Waals surface area contributed by atoms with Gasteiger partial charge in [-0.15, -0.1) is 0 Å². The Morgan fingerprint density at radius 2 is 2.05 bits per heavy atom. The van der Waals surface area contributed by atoms with Gasteiger partial charge in [-0.2, -0.15) is 0 Å². The number of hydrogen-bond donors (Lipinski definition) is 2. The van der Waals surface area contributed by atoms with Crippen molar-refractivity contribution in [2.45, 2.75) is 31.2 Å². The normalized spacial score (nSPS) is 24.9. The van der Waals surface area contributed by atoms with Crippen molar-refractivity contribution < 1.29 is 9.59 Å². The lowest BCUT2D eigenvalue weighted by Crippen LogP contribution is -2.52. The Balaban J connectivity index is 1.84. The van der Waals surface area contributed by atoms with E-state index in [9.17, 15) is 9.59 Å². The first-order chi connectivity index (χ1) is 9.68. The van der Waals surface area contributed by atoms with Gasteiger partial charge in [0.05, 0.1) is 5.92 Å². The maximum Gasteiger partial charge on any atom is 0.240 e. The predicted octanol–water partition coefficient (Wildman–Crippen LogP) is 1.06. The second kappa shape index (κ2) is 5.15. The molecule has 5 nitrogen and oxygen atoms in total. The van der Waals surface area contributed by atoms with E-state index in [4.69, 9.17) is 5.73 Å². The Morgan fingerprint density at radius 3 is 2.85 bits per heavy atom. The van der Waals surface area contributed by atoms with Gasteiger partial charge in [-0.3, -0.25) is 9.59 Å². The minimum Gasteiger partial charge on any atom is -0.384 e.